The molecule has 3 aromatic rings. The number of benzene rings is 2. The lowest BCUT2D eigenvalue weighted by molar-refractivity contribution is 0.0334. The Bertz CT molecular complexity index is 968. The predicted molar refractivity (Wildman–Crippen MR) is 90.1 cm³/mol. The number of aromatic nitrogens is 1. The van der Waals surface area contributed by atoms with Crippen LogP contribution in [0.25, 0.3) is 21.8 Å². The number of carbonyl (C=O) groups is 1. The van der Waals surface area contributed by atoms with Crippen LogP contribution in [-0.4, -0.2) is 24.2 Å². The van der Waals surface area contributed by atoms with Gasteiger partial charge < -0.3 is 14.5 Å². The number of fused-ring (bicyclic) bond motifs is 4. The summed E-state index contributed by atoms with van der Waals surface area (Å²) in [4.78, 5) is 15.8. The van der Waals surface area contributed by atoms with Crippen molar-refractivity contribution in [2.75, 3.05) is 7.11 Å². The molecule has 0 aliphatic carbocycles. The Labute approximate surface area is 133 Å². The summed E-state index contributed by atoms with van der Waals surface area (Å²) in [5, 5.41) is 2.04. The number of nitrogens with one attached hydrogen (secondary N) is 1. The van der Waals surface area contributed by atoms with Crippen LogP contribution in [0, 0.1) is 0 Å². The van der Waals surface area contributed by atoms with E-state index in [1.54, 1.807) is 7.11 Å². The van der Waals surface area contributed by atoms with E-state index in [2.05, 4.69) is 11.6 Å². The third-order valence-corrected chi connectivity index (χ3v) is 4.47. The van der Waals surface area contributed by atoms with E-state index in [4.69, 9.17) is 9.47 Å². The summed E-state index contributed by atoms with van der Waals surface area (Å²) in [6.07, 6.45) is 0.288. The molecule has 1 N–H and O–H groups in total. The first-order chi connectivity index (χ1) is 11.1. The van der Waals surface area contributed by atoms with Crippen LogP contribution in [0.3, 0.4) is 0 Å². The maximum atomic E-state index is 12.4. The number of hydrogen-bond acceptors (Lipinski definition) is 3. The summed E-state index contributed by atoms with van der Waals surface area (Å²) in [6.45, 7) is 5.78. The van der Waals surface area contributed by atoms with Crippen molar-refractivity contribution < 1.29 is 14.3 Å². The fourth-order valence-electron chi connectivity index (χ4n) is 3.30. The standard InChI is InChI=1S/C19H17NO3/c1-10(2)16-9-13-14(19(21)23-16)8-12-11-6-4-5-7-15(11)20-17(12)18(13)22-3/h4-8,16,20H,1,9H2,2-3H3. The topological polar surface area (TPSA) is 51.3 Å². The van der Waals surface area contributed by atoms with Crippen LogP contribution in [0.4, 0.5) is 0 Å². The number of rotatable bonds is 2. The lowest BCUT2D eigenvalue weighted by Crippen LogP contribution is -2.28. The molecule has 1 atom stereocenters. The summed E-state index contributed by atoms with van der Waals surface area (Å²) in [6, 6.07) is 9.92. The molecule has 4 heteroatoms. The highest BCUT2D eigenvalue weighted by atomic mass is 16.5. The Kier molecular flexibility index (Phi) is 2.94. The average molecular weight is 307 g/mol. The van der Waals surface area contributed by atoms with Gasteiger partial charge in [-0.2, -0.15) is 0 Å². The Balaban J connectivity index is 2.06. The number of aromatic amines is 1. The van der Waals surface area contributed by atoms with Crippen LogP contribution < -0.4 is 4.74 Å². The summed E-state index contributed by atoms with van der Waals surface area (Å²) < 4.78 is 11.2. The predicted octanol–water partition coefficient (Wildman–Crippen LogP) is 3.99. The second-order valence-electron chi connectivity index (χ2n) is 5.97. The molecule has 0 saturated carbocycles. The lowest BCUT2D eigenvalue weighted by atomic mass is 9.93. The molecule has 1 aliphatic heterocycles. The minimum absolute atomic E-state index is 0.300. The van der Waals surface area contributed by atoms with Gasteiger partial charge in [-0.3, -0.25) is 0 Å². The van der Waals surface area contributed by atoms with Crippen LogP contribution in [0.1, 0.15) is 22.8 Å². The highest BCUT2D eigenvalue weighted by molar-refractivity contribution is 6.12. The SMILES string of the molecule is C=C(C)C1Cc2c(cc3c([nH]c4ccccc43)c2OC)C(=O)O1. The van der Waals surface area contributed by atoms with Gasteiger partial charge in [0.15, 0.2) is 0 Å². The van der Waals surface area contributed by atoms with Crippen molar-refractivity contribution in [3.05, 3.63) is 53.6 Å². The van der Waals surface area contributed by atoms with E-state index in [1.165, 1.54) is 0 Å². The molecule has 0 amide bonds. The number of methoxy groups -OCH3 is 1. The second-order valence-corrected chi connectivity index (χ2v) is 5.97. The van der Waals surface area contributed by atoms with Gasteiger partial charge in [0.2, 0.25) is 0 Å². The van der Waals surface area contributed by atoms with Gasteiger partial charge in [-0.25, -0.2) is 4.79 Å². The van der Waals surface area contributed by atoms with E-state index >= 15 is 0 Å². The molecular formula is C19H17NO3. The number of para-hydroxylation sites is 1. The molecule has 0 spiro atoms. The summed E-state index contributed by atoms with van der Waals surface area (Å²) in [7, 11) is 1.64. The maximum absolute atomic E-state index is 12.4. The summed E-state index contributed by atoms with van der Waals surface area (Å²) in [5.41, 5.74) is 4.24. The van der Waals surface area contributed by atoms with Crippen LogP contribution >= 0.6 is 0 Å². The molecule has 23 heavy (non-hydrogen) atoms. The zero-order valence-electron chi connectivity index (χ0n) is 13.1. The van der Waals surface area contributed by atoms with Gasteiger partial charge >= 0.3 is 5.97 Å². The van der Waals surface area contributed by atoms with Gasteiger partial charge in [-0.15, -0.1) is 0 Å². The Morgan fingerprint density at radius 2 is 2.13 bits per heavy atom. The number of cyclic esters (lactones) is 1. The van der Waals surface area contributed by atoms with Gasteiger partial charge in [-0.1, -0.05) is 24.8 Å². The van der Waals surface area contributed by atoms with Crippen molar-refractivity contribution >= 4 is 27.8 Å². The first kappa shape index (κ1) is 13.9. The van der Waals surface area contributed by atoms with Crippen LogP contribution in [0.5, 0.6) is 5.75 Å². The zero-order valence-corrected chi connectivity index (χ0v) is 13.1. The van der Waals surface area contributed by atoms with E-state index < -0.39 is 0 Å². The minimum Gasteiger partial charge on any atom is -0.494 e. The quantitative estimate of drug-likeness (QED) is 0.575. The number of H-pyrrole nitrogens is 1. The summed E-state index contributed by atoms with van der Waals surface area (Å²) >= 11 is 0. The largest absolute Gasteiger partial charge is 0.494 e. The number of ether oxygens (including phenoxy) is 2. The molecule has 1 unspecified atom stereocenters. The fraction of sp³-hybridized carbons (Fsp3) is 0.211. The van der Waals surface area contributed by atoms with Gasteiger partial charge in [0.25, 0.3) is 0 Å². The Morgan fingerprint density at radius 3 is 2.87 bits per heavy atom. The molecule has 2 aromatic carbocycles. The molecule has 0 saturated heterocycles. The molecule has 1 aromatic heterocycles. The van der Waals surface area contributed by atoms with Gasteiger partial charge in [0.1, 0.15) is 11.9 Å². The lowest BCUT2D eigenvalue weighted by Gasteiger charge is -2.26. The van der Waals surface area contributed by atoms with Crippen LogP contribution in [0.15, 0.2) is 42.5 Å². The minimum atomic E-state index is -0.315. The Morgan fingerprint density at radius 1 is 1.35 bits per heavy atom. The Hall–Kier alpha value is -2.75. The highest BCUT2D eigenvalue weighted by Gasteiger charge is 2.31. The molecule has 4 nitrogen and oxygen atoms in total. The second kappa shape index (κ2) is 4.88. The smallest absolute Gasteiger partial charge is 0.339 e. The van der Waals surface area contributed by atoms with Crippen molar-refractivity contribution in [3.8, 4) is 5.75 Å². The fourth-order valence-corrected chi connectivity index (χ4v) is 3.30. The summed E-state index contributed by atoms with van der Waals surface area (Å²) in [5.74, 6) is 0.404. The van der Waals surface area contributed by atoms with Crippen molar-refractivity contribution in [1.82, 2.24) is 4.98 Å². The molecule has 0 bridgehead atoms. The maximum Gasteiger partial charge on any atom is 0.339 e. The van der Waals surface area contributed by atoms with E-state index in [0.29, 0.717) is 12.0 Å². The first-order valence-corrected chi connectivity index (χ1v) is 7.57. The van der Waals surface area contributed by atoms with E-state index in [9.17, 15) is 4.79 Å². The number of hydrogen-bond donors (Lipinski definition) is 1. The van der Waals surface area contributed by atoms with Crippen molar-refractivity contribution in [2.45, 2.75) is 19.4 Å². The van der Waals surface area contributed by atoms with Crippen LogP contribution in [-0.2, 0) is 11.2 Å². The van der Waals surface area contributed by atoms with Crippen molar-refractivity contribution in [2.24, 2.45) is 0 Å². The number of carbonyl (C=O) groups excluding carboxylic acids is 1. The average Bonchev–Trinajstić information content (AvgIpc) is 2.91. The third-order valence-electron chi connectivity index (χ3n) is 4.47. The molecule has 0 fully saturated rings. The molecule has 0 radical (unpaired) electrons. The van der Waals surface area contributed by atoms with Crippen molar-refractivity contribution in [1.29, 1.82) is 0 Å². The van der Waals surface area contributed by atoms with Crippen molar-refractivity contribution in [3.63, 3.8) is 0 Å². The first-order valence-electron chi connectivity index (χ1n) is 7.57. The van der Waals surface area contributed by atoms with Gasteiger partial charge in [0, 0.05) is 28.3 Å². The molecule has 1 aliphatic rings. The molecule has 4 rings (SSSR count). The normalized spacial score (nSPS) is 17.1. The van der Waals surface area contributed by atoms with E-state index in [1.807, 2.05) is 37.3 Å². The molecule has 116 valence electrons. The molecule has 2 heterocycles. The van der Waals surface area contributed by atoms with Crippen LogP contribution in [0.2, 0.25) is 0 Å². The highest BCUT2D eigenvalue weighted by Crippen LogP contribution is 2.39. The van der Waals surface area contributed by atoms with E-state index in [0.717, 1.165) is 38.7 Å². The van der Waals surface area contributed by atoms with Gasteiger partial charge in [-0.05, 0) is 24.6 Å². The monoisotopic (exact) mass is 307 g/mol. The van der Waals surface area contributed by atoms with E-state index in [-0.39, 0.29) is 12.1 Å². The zero-order chi connectivity index (χ0) is 16.1. The van der Waals surface area contributed by atoms with Gasteiger partial charge in [0.05, 0.1) is 18.2 Å². The third kappa shape index (κ3) is 1.95. The number of esters is 1. The molecular weight excluding hydrogens is 290 g/mol.